The van der Waals surface area contributed by atoms with Crippen LogP contribution in [0, 0.1) is 0 Å². The molecular formula is C66H42N2. The average molecular weight is 863 g/mol. The SMILES string of the molecule is c1ccc(C2(c3ccccc3)c3ccccc3-c3ccc(N(c4cc5c6c(c4)c4ccccc4n6-c4ccccc4C54c5ccccc5-c5ccccc54)c4cccc5ccccc45)cc32)cc1. The van der Waals surface area contributed by atoms with Crippen molar-refractivity contribution in [2.45, 2.75) is 10.8 Å². The maximum atomic E-state index is 2.56. The maximum absolute atomic E-state index is 2.56. The number of benzene rings is 11. The van der Waals surface area contributed by atoms with E-state index < -0.39 is 10.8 Å². The molecule has 2 nitrogen and oxygen atoms in total. The Hall–Kier alpha value is -8.72. The van der Waals surface area contributed by atoms with Crippen molar-refractivity contribution in [3.63, 3.8) is 0 Å². The number of aromatic nitrogens is 1. The third kappa shape index (κ3) is 4.71. The highest BCUT2D eigenvalue weighted by molar-refractivity contribution is 6.15. The molecular weight excluding hydrogens is 821 g/mol. The smallest absolute Gasteiger partial charge is 0.0755 e. The molecule has 1 aliphatic heterocycles. The van der Waals surface area contributed by atoms with Gasteiger partial charge in [0.25, 0.3) is 0 Å². The van der Waals surface area contributed by atoms with E-state index in [4.69, 9.17) is 0 Å². The maximum Gasteiger partial charge on any atom is 0.0755 e. The van der Waals surface area contributed by atoms with Crippen molar-refractivity contribution in [1.29, 1.82) is 0 Å². The molecule has 2 aliphatic carbocycles. The Morgan fingerprint density at radius 1 is 0.309 bits per heavy atom. The quantitative estimate of drug-likeness (QED) is 0.167. The molecule has 12 aromatic rings. The number of para-hydroxylation sites is 2. The van der Waals surface area contributed by atoms with Crippen LogP contribution in [0.3, 0.4) is 0 Å². The first-order chi connectivity index (χ1) is 33.8. The van der Waals surface area contributed by atoms with Gasteiger partial charge in [-0.05, 0) is 115 Å². The lowest BCUT2D eigenvalue weighted by molar-refractivity contribution is 0.748. The average Bonchev–Trinajstić information content (AvgIpc) is 4.02. The molecule has 2 heterocycles. The van der Waals surface area contributed by atoms with Crippen molar-refractivity contribution < 1.29 is 0 Å². The highest BCUT2D eigenvalue weighted by Crippen LogP contribution is 2.63. The van der Waals surface area contributed by atoms with Crippen LogP contribution >= 0.6 is 0 Å². The first-order valence-corrected chi connectivity index (χ1v) is 23.8. The molecule has 0 unspecified atom stereocenters. The van der Waals surface area contributed by atoms with Crippen LogP contribution < -0.4 is 4.90 Å². The Labute approximate surface area is 395 Å². The van der Waals surface area contributed by atoms with Gasteiger partial charge in [0.05, 0.1) is 33.2 Å². The molecule has 1 spiro atoms. The molecule has 2 heteroatoms. The molecule has 0 amide bonds. The van der Waals surface area contributed by atoms with E-state index in [1.54, 1.807) is 0 Å². The standard InChI is InChI=1S/C66H42N2/c1-3-22-44(23-4-1)65(45-24-5-2-6-25-45)55-31-13-9-29-51(55)52-39-38-46(41-59(52)65)67(61-37-19-21-43-20-7-8-26-48(43)61)47-40-54-53-30-12-17-35-62(53)68-63-36-18-16-34-58(63)66(60(42-47)64(54)68)56-32-14-10-27-49(56)50-28-11-15-33-57(50)66/h1-42H. The summed E-state index contributed by atoms with van der Waals surface area (Å²) in [4.78, 5) is 2.56. The van der Waals surface area contributed by atoms with Crippen LogP contribution in [-0.2, 0) is 10.8 Å². The minimum atomic E-state index is -0.581. The summed E-state index contributed by atoms with van der Waals surface area (Å²) in [6.45, 7) is 0. The van der Waals surface area contributed by atoms with Gasteiger partial charge in [-0.3, -0.25) is 0 Å². The summed E-state index contributed by atoms with van der Waals surface area (Å²) < 4.78 is 2.55. The molecule has 0 N–H and O–H groups in total. The largest absolute Gasteiger partial charge is 0.310 e. The molecule has 0 fully saturated rings. The van der Waals surface area contributed by atoms with Crippen molar-refractivity contribution in [3.8, 4) is 27.9 Å². The van der Waals surface area contributed by atoms with Gasteiger partial charge in [-0.15, -0.1) is 0 Å². The van der Waals surface area contributed by atoms with Crippen LogP contribution in [0.25, 0.3) is 60.5 Å². The van der Waals surface area contributed by atoms with Gasteiger partial charge in [0.15, 0.2) is 0 Å². The van der Waals surface area contributed by atoms with Gasteiger partial charge < -0.3 is 9.47 Å². The summed E-state index contributed by atoms with van der Waals surface area (Å²) >= 11 is 0. The first kappa shape index (κ1) is 37.5. The fourth-order valence-corrected chi connectivity index (χ4v) is 13.1. The monoisotopic (exact) mass is 862 g/mol. The van der Waals surface area contributed by atoms with Crippen LogP contribution in [0.1, 0.15) is 44.5 Å². The van der Waals surface area contributed by atoms with E-state index in [1.165, 1.54) is 105 Å². The van der Waals surface area contributed by atoms with Gasteiger partial charge in [0.2, 0.25) is 0 Å². The zero-order chi connectivity index (χ0) is 44.6. The summed E-state index contributed by atoms with van der Waals surface area (Å²) in [5, 5.41) is 4.88. The van der Waals surface area contributed by atoms with E-state index in [0.717, 1.165) is 17.1 Å². The highest BCUT2D eigenvalue weighted by Gasteiger charge is 2.51. The third-order valence-corrected chi connectivity index (χ3v) is 15.6. The first-order valence-electron chi connectivity index (χ1n) is 23.8. The molecule has 68 heavy (non-hydrogen) atoms. The molecule has 1 aromatic heterocycles. The van der Waals surface area contributed by atoms with Crippen LogP contribution in [0.4, 0.5) is 17.1 Å². The lowest BCUT2D eigenvalue weighted by Crippen LogP contribution is -2.33. The third-order valence-electron chi connectivity index (χ3n) is 15.6. The summed E-state index contributed by atoms with van der Waals surface area (Å²) in [6.07, 6.45) is 0. The predicted molar refractivity (Wildman–Crippen MR) is 281 cm³/mol. The fraction of sp³-hybridized carbons (Fsp3) is 0.0303. The molecule has 0 radical (unpaired) electrons. The predicted octanol–water partition coefficient (Wildman–Crippen LogP) is 16.4. The normalized spacial score (nSPS) is 14.1. The van der Waals surface area contributed by atoms with Crippen LogP contribution in [-0.4, -0.2) is 4.57 Å². The zero-order valence-corrected chi connectivity index (χ0v) is 37.1. The number of hydrogen-bond donors (Lipinski definition) is 0. The van der Waals surface area contributed by atoms with Crippen LogP contribution in [0.2, 0.25) is 0 Å². The molecule has 11 aromatic carbocycles. The Balaban J connectivity index is 1.10. The highest BCUT2D eigenvalue weighted by atomic mass is 15.1. The Morgan fingerprint density at radius 2 is 0.824 bits per heavy atom. The summed E-state index contributed by atoms with van der Waals surface area (Å²) in [5.74, 6) is 0. The molecule has 0 saturated heterocycles. The summed E-state index contributed by atoms with van der Waals surface area (Å²) in [7, 11) is 0. The topological polar surface area (TPSA) is 8.17 Å². The Bertz CT molecular complexity index is 3960. The van der Waals surface area contributed by atoms with Gasteiger partial charge in [-0.1, -0.05) is 212 Å². The van der Waals surface area contributed by atoms with Crippen LogP contribution in [0.5, 0.6) is 0 Å². The fourth-order valence-electron chi connectivity index (χ4n) is 13.1. The van der Waals surface area contributed by atoms with Crippen molar-refractivity contribution in [1.82, 2.24) is 4.57 Å². The van der Waals surface area contributed by atoms with Gasteiger partial charge in [0.1, 0.15) is 0 Å². The Kier molecular flexibility index (Phi) is 7.67. The van der Waals surface area contributed by atoms with Gasteiger partial charge in [0, 0.05) is 27.5 Å². The van der Waals surface area contributed by atoms with E-state index in [0.29, 0.717) is 0 Å². The minimum Gasteiger partial charge on any atom is -0.310 e. The second-order valence-corrected chi connectivity index (χ2v) is 18.7. The number of nitrogens with zero attached hydrogens (tertiary/aromatic N) is 2. The molecule has 3 aliphatic rings. The van der Waals surface area contributed by atoms with Crippen molar-refractivity contribution in [2.75, 3.05) is 4.90 Å². The molecule has 15 rings (SSSR count). The molecule has 0 atom stereocenters. The van der Waals surface area contributed by atoms with Crippen molar-refractivity contribution >= 4 is 49.6 Å². The second kappa shape index (κ2) is 13.9. The van der Waals surface area contributed by atoms with E-state index in [-0.39, 0.29) is 0 Å². The molecule has 316 valence electrons. The molecule has 0 saturated carbocycles. The van der Waals surface area contributed by atoms with Gasteiger partial charge in [-0.25, -0.2) is 0 Å². The lowest BCUT2D eigenvalue weighted by atomic mass is 9.65. The van der Waals surface area contributed by atoms with Crippen molar-refractivity contribution in [2.24, 2.45) is 0 Å². The molecule has 0 bridgehead atoms. The lowest BCUT2D eigenvalue weighted by Gasteiger charge is -2.40. The van der Waals surface area contributed by atoms with Gasteiger partial charge >= 0.3 is 0 Å². The van der Waals surface area contributed by atoms with E-state index in [9.17, 15) is 0 Å². The summed E-state index contributed by atoms with van der Waals surface area (Å²) in [6, 6.07) is 95.8. The number of anilines is 3. The Morgan fingerprint density at radius 3 is 1.51 bits per heavy atom. The van der Waals surface area contributed by atoms with Crippen LogP contribution in [0.15, 0.2) is 255 Å². The van der Waals surface area contributed by atoms with E-state index in [1.807, 2.05) is 0 Å². The zero-order valence-electron chi connectivity index (χ0n) is 37.1. The van der Waals surface area contributed by atoms with E-state index in [2.05, 4.69) is 264 Å². The number of hydrogen-bond acceptors (Lipinski definition) is 1. The second-order valence-electron chi connectivity index (χ2n) is 18.7. The number of fused-ring (bicyclic) bond motifs is 16. The van der Waals surface area contributed by atoms with Gasteiger partial charge in [-0.2, -0.15) is 0 Å². The van der Waals surface area contributed by atoms with E-state index >= 15 is 0 Å². The number of rotatable bonds is 5. The minimum absolute atomic E-state index is 0.552. The summed E-state index contributed by atoms with van der Waals surface area (Å²) in [5.41, 5.74) is 21.4. The van der Waals surface area contributed by atoms with Crippen molar-refractivity contribution in [3.05, 3.63) is 299 Å².